The maximum Gasteiger partial charge on any atom is 0.338 e. The molecule has 0 saturated heterocycles. The van der Waals surface area contributed by atoms with E-state index in [1.54, 1.807) is 24.3 Å². The third-order valence-corrected chi connectivity index (χ3v) is 9.98. The van der Waals surface area contributed by atoms with E-state index in [1.807, 2.05) is 13.8 Å². The van der Waals surface area contributed by atoms with Gasteiger partial charge in [0.2, 0.25) is 0 Å². The van der Waals surface area contributed by atoms with Crippen LogP contribution in [0.1, 0.15) is 63.2 Å². The number of carbonyl (C=O) groups is 3. The Morgan fingerprint density at radius 1 is 1.12 bits per heavy atom. The van der Waals surface area contributed by atoms with Crippen LogP contribution in [0.5, 0.6) is 0 Å². The number of Topliss-reactive ketones (excluding diaryl/α,β-unsaturated/α-hetero) is 2. The molecule has 1 aromatic carbocycles. The van der Waals surface area contributed by atoms with Crippen LogP contribution in [0.3, 0.4) is 0 Å². The molecule has 0 amide bonds. The van der Waals surface area contributed by atoms with Crippen molar-refractivity contribution in [3.05, 3.63) is 47.0 Å². The minimum atomic E-state index is -1.20. The number of hydrogen-bond donors (Lipinski definition) is 1. The Morgan fingerprint density at radius 2 is 1.79 bits per heavy atom. The Morgan fingerprint density at radius 3 is 2.45 bits per heavy atom. The molecular formula is C27H31ClO5. The van der Waals surface area contributed by atoms with Crippen LogP contribution in [0.25, 0.3) is 0 Å². The summed E-state index contributed by atoms with van der Waals surface area (Å²) < 4.78 is 6.10. The molecule has 0 unspecified atom stereocenters. The van der Waals surface area contributed by atoms with E-state index in [0.717, 1.165) is 6.42 Å². The number of hydrogen-bond acceptors (Lipinski definition) is 5. The van der Waals surface area contributed by atoms with E-state index >= 15 is 0 Å². The van der Waals surface area contributed by atoms with Gasteiger partial charge in [-0.25, -0.2) is 4.79 Å². The fourth-order valence-corrected chi connectivity index (χ4v) is 8.16. The van der Waals surface area contributed by atoms with Gasteiger partial charge in [0.15, 0.2) is 5.78 Å². The smallest absolute Gasteiger partial charge is 0.338 e. The van der Waals surface area contributed by atoms with Crippen LogP contribution in [-0.2, 0) is 14.3 Å². The molecule has 7 atom stereocenters. The van der Waals surface area contributed by atoms with Gasteiger partial charge in [-0.15, -0.1) is 0 Å². The van der Waals surface area contributed by atoms with Gasteiger partial charge in [-0.3, -0.25) is 9.59 Å². The van der Waals surface area contributed by atoms with Crippen molar-refractivity contribution in [2.45, 2.75) is 65.1 Å². The van der Waals surface area contributed by atoms with Crippen molar-refractivity contribution in [3.8, 4) is 0 Å². The van der Waals surface area contributed by atoms with E-state index < -0.39 is 29.0 Å². The number of ketones is 2. The molecule has 2 bridgehead atoms. The summed E-state index contributed by atoms with van der Waals surface area (Å²) in [4.78, 5) is 40.0. The second-order valence-corrected chi connectivity index (χ2v) is 11.7. The fourth-order valence-electron chi connectivity index (χ4n) is 8.04. The SMILES string of the molecule is C=C1C(=O)[C@]23[C@H](O)[C@H]1CC[C@H]2[C@]1(C)CCC(=O)C(C)(C)[C@H]1C[C@H]3OC(=O)c1ccc(Cl)cc1. The zero-order valence-electron chi connectivity index (χ0n) is 19.4. The molecule has 0 radical (unpaired) electrons. The quantitative estimate of drug-likeness (QED) is 0.496. The second kappa shape index (κ2) is 7.26. The van der Waals surface area contributed by atoms with Crippen molar-refractivity contribution in [2.75, 3.05) is 0 Å². The first kappa shape index (κ1) is 22.8. The van der Waals surface area contributed by atoms with Crippen molar-refractivity contribution in [3.63, 3.8) is 0 Å². The number of halogens is 1. The van der Waals surface area contributed by atoms with E-state index in [9.17, 15) is 19.5 Å². The number of aliphatic hydroxyl groups excluding tert-OH is 1. The van der Waals surface area contributed by atoms with Crippen LogP contribution < -0.4 is 0 Å². The lowest BCUT2D eigenvalue weighted by Crippen LogP contribution is -2.68. The molecule has 0 aliphatic heterocycles. The highest BCUT2D eigenvalue weighted by Gasteiger charge is 2.75. The van der Waals surface area contributed by atoms with E-state index in [-0.39, 0.29) is 34.7 Å². The summed E-state index contributed by atoms with van der Waals surface area (Å²) in [5.41, 5.74) is -1.33. The van der Waals surface area contributed by atoms with Gasteiger partial charge in [-0.1, -0.05) is 39.0 Å². The lowest BCUT2D eigenvalue weighted by Gasteiger charge is -2.64. The first-order valence-corrected chi connectivity index (χ1v) is 12.2. The standard InChI is InChI=1S/C27H31ClO5/c1-14-17-9-10-18-26(4)12-11-20(29)25(2,3)19(26)13-21(27(18,22(14)30)23(17)31)33-24(32)15-5-7-16(28)8-6-15/h5-8,17-19,21,23,31H,1,9-13H2,2-4H3/t17-,18-,19+,21+,23+,26-,27-/m0/s1. The summed E-state index contributed by atoms with van der Waals surface area (Å²) in [5, 5.41) is 12.1. The summed E-state index contributed by atoms with van der Waals surface area (Å²) in [5.74, 6) is -1.05. The Labute approximate surface area is 199 Å². The molecule has 1 N–H and O–H groups in total. The van der Waals surface area contributed by atoms with Crippen molar-refractivity contribution >= 4 is 29.1 Å². The predicted molar refractivity (Wildman–Crippen MR) is 124 cm³/mol. The van der Waals surface area contributed by atoms with Crippen LogP contribution in [0, 0.1) is 34.0 Å². The summed E-state index contributed by atoms with van der Waals surface area (Å²) in [6.45, 7) is 10.2. The highest BCUT2D eigenvalue weighted by molar-refractivity contribution is 6.30. The Hall–Kier alpha value is -1.98. The maximum absolute atomic E-state index is 13.8. The predicted octanol–water partition coefficient (Wildman–Crippen LogP) is 4.79. The molecule has 0 aromatic heterocycles. The van der Waals surface area contributed by atoms with Crippen LogP contribution in [-0.4, -0.2) is 34.9 Å². The molecule has 176 valence electrons. The van der Waals surface area contributed by atoms with Crippen molar-refractivity contribution in [1.29, 1.82) is 0 Å². The van der Waals surface area contributed by atoms with E-state index in [2.05, 4.69) is 13.5 Å². The van der Waals surface area contributed by atoms with Gasteiger partial charge in [0.05, 0.1) is 17.1 Å². The first-order valence-electron chi connectivity index (χ1n) is 11.9. The average Bonchev–Trinajstić information content (AvgIpc) is 2.87. The normalized spacial score (nSPS) is 41.4. The molecule has 4 saturated carbocycles. The van der Waals surface area contributed by atoms with E-state index in [1.165, 1.54) is 0 Å². The largest absolute Gasteiger partial charge is 0.458 e. The molecule has 4 aliphatic carbocycles. The lowest BCUT2D eigenvalue weighted by atomic mass is 9.39. The van der Waals surface area contributed by atoms with Gasteiger partial charge in [0.25, 0.3) is 0 Å². The van der Waals surface area contributed by atoms with Crippen LogP contribution in [0.15, 0.2) is 36.4 Å². The first-order chi connectivity index (χ1) is 15.5. The second-order valence-electron chi connectivity index (χ2n) is 11.3. The van der Waals surface area contributed by atoms with Gasteiger partial charge in [-0.2, -0.15) is 0 Å². The molecule has 33 heavy (non-hydrogen) atoms. The topological polar surface area (TPSA) is 80.7 Å². The Balaban J connectivity index is 1.62. The lowest BCUT2D eigenvalue weighted by molar-refractivity contribution is -0.222. The van der Waals surface area contributed by atoms with Crippen LogP contribution >= 0.6 is 11.6 Å². The number of carbonyl (C=O) groups excluding carboxylic acids is 3. The summed E-state index contributed by atoms with van der Waals surface area (Å²) in [6, 6.07) is 6.43. The van der Waals surface area contributed by atoms with E-state index in [0.29, 0.717) is 41.8 Å². The number of fused-ring (bicyclic) bond motifs is 3. The Kier molecular flexibility index (Phi) is 5.01. The maximum atomic E-state index is 13.8. The van der Waals surface area contributed by atoms with Gasteiger partial charge in [0.1, 0.15) is 11.9 Å². The van der Waals surface area contributed by atoms with E-state index in [4.69, 9.17) is 16.3 Å². The number of benzene rings is 1. The number of aliphatic hydroxyl groups is 1. The zero-order chi connectivity index (χ0) is 23.9. The third-order valence-electron chi connectivity index (χ3n) is 9.73. The number of ether oxygens (including phenoxy) is 1. The molecule has 1 aromatic rings. The van der Waals surface area contributed by atoms with Crippen molar-refractivity contribution in [2.24, 2.45) is 34.0 Å². The van der Waals surface area contributed by atoms with Gasteiger partial charge < -0.3 is 9.84 Å². The molecule has 1 spiro atoms. The van der Waals surface area contributed by atoms with Gasteiger partial charge >= 0.3 is 5.97 Å². The van der Waals surface area contributed by atoms with Crippen LogP contribution in [0.2, 0.25) is 5.02 Å². The minimum Gasteiger partial charge on any atom is -0.458 e. The number of esters is 1. The molecule has 4 fully saturated rings. The minimum absolute atomic E-state index is 0.0599. The van der Waals surface area contributed by atoms with Gasteiger partial charge in [0, 0.05) is 22.8 Å². The molecule has 4 aliphatic rings. The third kappa shape index (κ3) is 2.84. The molecule has 6 heteroatoms. The summed E-state index contributed by atoms with van der Waals surface area (Å²) >= 11 is 5.97. The highest BCUT2D eigenvalue weighted by Crippen LogP contribution is 2.71. The molecule has 5 nitrogen and oxygen atoms in total. The molecule has 0 heterocycles. The number of rotatable bonds is 2. The average molecular weight is 471 g/mol. The van der Waals surface area contributed by atoms with Crippen molar-refractivity contribution < 1.29 is 24.2 Å². The Bertz CT molecular complexity index is 1060. The monoisotopic (exact) mass is 470 g/mol. The summed E-state index contributed by atoms with van der Waals surface area (Å²) in [7, 11) is 0. The highest BCUT2D eigenvalue weighted by atomic mass is 35.5. The zero-order valence-corrected chi connectivity index (χ0v) is 20.2. The van der Waals surface area contributed by atoms with Crippen LogP contribution in [0.4, 0.5) is 0 Å². The summed E-state index contributed by atoms with van der Waals surface area (Å²) in [6.07, 6.45) is 1.20. The van der Waals surface area contributed by atoms with Crippen molar-refractivity contribution in [1.82, 2.24) is 0 Å². The molecule has 5 rings (SSSR count). The molecular weight excluding hydrogens is 440 g/mol. The van der Waals surface area contributed by atoms with Gasteiger partial charge in [-0.05, 0) is 72.8 Å². The fraction of sp³-hybridized carbons (Fsp3) is 0.593.